The molecule has 100 valence electrons. The van der Waals surface area contributed by atoms with Gasteiger partial charge in [0.15, 0.2) is 11.5 Å². The molecule has 0 saturated carbocycles. The SMILES string of the molecule is CC(N)c1cc2c(cc1C(C)(F)F)OCCCO2. The quantitative estimate of drug-likeness (QED) is 0.885. The van der Waals surface area contributed by atoms with Gasteiger partial charge in [0.2, 0.25) is 0 Å². The highest BCUT2D eigenvalue weighted by Gasteiger charge is 2.31. The van der Waals surface area contributed by atoms with E-state index in [1.54, 1.807) is 13.0 Å². The molecule has 1 heterocycles. The van der Waals surface area contributed by atoms with Crippen LogP contribution >= 0.6 is 0 Å². The Hall–Kier alpha value is -1.36. The first-order valence-corrected chi connectivity index (χ1v) is 5.97. The first-order chi connectivity index (χ1) is 8.39. The second-order valence-electron chi connectivity index (χ2n) is 4.61. The topological polar surface area (TPSA) is 44.5 Å². The third kappa shape index (κ3) is 2.56. The van der Waals surface area contributed by atoms with Crippen molar-refractivity contribution in [1.82, 2.24) is 0 Å². The molecule has 0 amide bonds. The van der Waals surface area contributed by atoms with Gasteiger partial charge in [-0.2, -0.15) is 0 Å². The van der Waals surface area contributed by atoms with Crippen molar-refractivity contribution < 1.29 is 18.3 Å². The van der Waals surface area contributed by atoms with Gasteiger partial charge >= 0.3 is 0 Å². The fraction of sp³-hybridized carbons (Fsp3) is 0.538. The predicted molar refractivity (Wildman–Crippen MR) is 64.2 cm³/mol. The molecule has 0 spiro atoms. The summed E-state index contributed by atoms with van der Waals surface area (Å²) >= 11 is 0. The maximum absolute atomic E-state index is 13.6. The molecule has 1 unspecified atom stereocenters. The Morgan fingerprint density at radius 2 is 1.78 bits per heavy atom. The molecule has 2 rings (SSSR count). The van der Waals surface area contributed by atoms with E-state index in [0.717, 1.165) is 13.3 Å². The Labute approximate surface area is 105 Å². The van der Waals surface area contributed by atoms with Gasteiger partial charge in [-0.25, -0.2) is 8.78 Å². The molecule has 0 aromatic heterocycles. The highest BCUT2D eigenvalue weighted by Crippen LogP contribution is 2.40. The molecule has 1 aromatic carbocycles. The second-order valence-corrected chi connectivity index (χ2v) is 4.61. The molecule has 18 heavy (non-hydrogen) atoms. The fourth-order valence-corrected chi connectivity index (χ4v) is 1.98. The van der Waals surface area contributed by atoms with Crippen LogP contribution in [0.3, 0.4) is 0 Å². The van der Waals surface area contributed by atoms with Gasteiger partial charge in [0.05, 0.1) is 13.2 Å². The molecule has 3 nitrogen and oxygen atoms in total. The number of fused-ring (bicyclic) bond motifs is 1. The summed E-state index contributed by atoms with van der Waals surface area (Å²) in [6.07, 6.45) is 0.736. The second kappa shape index (κ2) is 4.72. The van der Waals surface area contributed by atoms with Gasteiger partial charge in [0, 0.05) is 24.9 Å². The number of rotatable bonds is 2. The van der Waals surface area contributed by atoms with Crippen molar-refractivity contribution in [3.8, 4) is 11.5 Å². The van der Waals surface area contributed by atoms with E-state index >= 15 is 0 Å². The van der Waals surface area contributed by atoms with E-state index in [0.29, 0.717) is 30.3 Å². The molecule has 0 aliphatic carbocycles. The van der Waals surface area contributed by atoms with Crippen LogP contribution in [0.4, 0.5) is 8.78 Å². The van der Waals surface area contributed by atoms with Crippen molar-refractivity contribution in [2.24, 2.45) is 5.73 Å². The van der Waals surface area contributed by atoms with Crippen LogP contribution in [-0.2, 0) is 5.92 Å². The maximum Gasteiger partial charge on any atom is 0.270 e. The Kier molecular flexibility index (Phi) is 3.43. The molecule has 0 saturated heterocycles. The Morgan fingerprint density at radius 3 is 2.28 bits per heavy atom. The average molecular weight is 257 g/mol. The van der Waals surface area contributed by atoms with Gasteiger partial charge in [0.25, 0.3) is 5.92 Å². The van der Waals surface area contributed by atoms with Crippen LogP contribution in [0, 0.1) is 0 Å². The summed E-state index contributed by atoms with van der Waals surface area (Å²) in [4.78, 5) is 0. The lowest BCUT2D eigenvalue weighted by Crippen LogP contribution is -2.16. The molecule has 1 atom stereocenters. The van der Waals surface area contributed by atoms with Gasteiger partial charge in [0.1, 0.15) is 0 Å². The zero-order valence-electron chi connectivity index (χ0n) is 10.5. The smallest absolute Gasteiger partial charge is 0.270 e. The number of benzene rings is 1. The van der Waals surface area contributed by atoms with Crippen LogP contribution in [-0.4, -0.2) is 13.2 Å². The lowest BCUT2D eigenvalue weighted by molar-refractivity contribution is 0.0159. The highest BCUT2D eigenvalue weighted by atomic mass is 19.3. The minimum atomic E-state index is -2.95. The van der Waals surface area contributed by atoms with Gasteiger partial charge < -0.3 is 15.2 Å². The molecule has 5 heteroatoms. The largest absolute Gasteiger partial charge is 0.490 e. The van der Waals surface area contributed by atoms with Gasteiger partial charge in [-0.1, -0.05) is 0 Å². The molecule has 0 fully saturated rings. The lowest BCUT2D eigenvalue weighted by atomic mass is 9.97. The molecular formula is C13H17F2NO2. The number of alkyl halides is 2. The maximum atomic E-state index is 13.6. The van der Waals surface area contributed by atoms with Crippen molar-refractivity contribution in [3.05, 3.63) is 23.3 Å². The summed E-state index contributed by atoms with van der Waals surface area (Å²) in [5.74, 6) is -2.09. The Morgan fingerprint density at radius 1 is 1.22 bits per heavy atom. The Bertz CT molecular complexity index is 441. The van der Waals surface area contributed by atoms with E-state index < -0.39 is 12.0 Å². The Balaban J connectivity index is 2.55. The molecule has 1 aromatic rings. The minimum Gasteiger partial charge on any atom is -0.490 e. The van der Waals surface area contributed by atoms with Gasteiger partial charge in [-0.3, -0.25) is 0 Å². The third-order valence-corrected chi connectivity index (χ3v) is 2.88. The molecule has 0 bridgehead atoms. The first kappa shape index (κ1) is 13.1. The van der Waals surface area contributed by atoms with E-state index in [1.165, 1.54) is 6.07 Å². The molecule has 1 aliphatic heterocycles. The van der Waals surface area contributed by atoms with Gasteiger partial charge in [-0.05, 0) is 24.6 Å². The van der Waals surface area contributed by atoms with Crippen LogP contribution < -0.4 is 15.2 Å². The number of ether oxygens (including phenoxy) is 2. The van der Waals surface area contributed by atoms with E-state index in [2.05, 4.69) is 0 Å². The molecule has 2 N–H and O–H groups in total. The standard InChI is InChI=1S/C13H17F2NO2/c1-8(16)9-6-11-12(18-5-3-4-17-11)7-10(9)13(2,14)15/h6-8H,3-5,16H2,1-2H3. The number of hydrogen-bond donors (Lipinski definition) is 1. The van der Waals surface area contributed by atoms with Crippen LogP contribution in [0.1, 0.15) is 37.4 Å². The van der Waals surface area contributed by atoms with E-state index in [-0.39, 0.29) is 5.56 Å². The number of halogens is 2. The van der Waals surface area contributed by atoms with Crippen molar-refractivity contribution in [1.29, 1.82) is 0 Å². The summed E-state index contributed by atoms with van der Waals surface area (Å²) in [5.41, 5.74) is 6.05. The van der Waals surface area contributed by atoms with Crippen molar-refractivity contribution in [3.63, 3.8) is 0 Å². The normalized spacial score (nSPS) is 17.2. The monoisotopic (exact) mass is 257 g/mol. The molecule has 1 aliphatic rings. The summed E-state index contributed by atoms with van der Waals surface area (Å²) < 4.78 is 38.1. The molecular weight excluding hydrogens is 240 g/mol. The van der Waals surface area contributed by atoms with Crippen molar-refractivity contribution in [2.75, 3.05) is 13.2 Å². The summed E-state index contributed by atoms with van der Waals surface area (Å²) in [5, 5.41) is 0. The van der Waals surface area contributed by atoms with Crippen molar-refractivity contribution in [2.45, 2.75) is 32.2 Å². The summed E-state index contributed by atoms with van der Waals surface area (Å²) in [7, 11) is 0. The predicted octanol–water partition coefficient (Wildman–Crippen LogP) is 2.98. The highest BCUT2D eigenvalue weighted by molar-refractivity contribution is 5.50. The zero-order chi connectivity index (χ0) is 13.3. The number of nitrogens with two attached hydrogens (primary N) is 1. The summed E-state index contributed by atoms with van der Waals surface area (Å²) in [6, 6.07) is 2.43. The fourth-order valence-electron chi connectivity index (χ4n) is 1.98. The van der Waals surface area contributed by atoms with Crippen LogP contribution in [0.5, 0.6) is 11.5 Å². The third-order valence-electron chi connectivity index (χ3n) is 2.88. The lowest BCUT2D eigenvalue weighted by Gasteiger charge is -2.20. The van der Waals surface area contributed by atoms with Crippen molar-refractivity contribution >= 4 is 0 Å². The van der Waals surface area contributed by atoms with E-state index in [9.17, 15) is 8.78 Å². The average Bonchev–Trinajstić information content (AvgIpc) is 2.50. The minimum absolute atomic E-state index is 0.0956. The van der Waals surface area contributed by atoms with Crippen LogP contribution in [0.15, 0.2) is 12.1 Å². The zero-order valence-corrected chi connectivity index (χ0v) is 10.5. The van der Waals surface area contributed by atoms with Crippen LogP contribution in [0.25, 0.3) is 0 Å². The number of hydrogen-bond acceptors (Lipinski definition) is 3. The first-order valence-electron chi connectivity index (χ1n) is 5.97. The molecule has 0 radical (unpaired) electrons. The van der Waals surface area contributed by atoms with Crippen LogP contribution in [0.2, 0.25) is 0 Å². The van der Waals surface area contributed by atoms with E-state index in [1.807, 2.05) is 0 Å². The van der Waals surface area contributed by atoms with E-state index in [4.69, 9.17) is 15.2 Å². The summed E-state index contributed by atoms with van der Waals surface area (Å²) in [6.45, 7) is 3.53. The van der Waals surface area contributed by atoms with Gasteiger partial charge in [-0.15, -0.1) is 0 Å².